The second-order valence-corrected chi connectivity index (χ2v) is 9.79. The van der Waals surface area contributed by atoms with Crippen molar-refractivity contribution in [1.82, 2.24) is 14.7 Å². The number of H-pyrrole nitrogens is 1. The van der Waals surface area contributed by atoms with Gasteiger partial charge in [0.2, 0.25) is 10.0 Å². The summed E-state index contributed by atoms with van der Waals surface area (Å²) in [5.41, 5.74) is 3.29. The molecule has 8 nitrogen and oxygen atoms in total. The molecular formula is C23H21ClN4O4S. The van der Waals surface area contributed by atoms with Crippen molar-refractivity contribution in [1.29, 1.82) is 0 Å². The Morgan fingerprint density at radius 3 is 2.42 bits per heavy atom. The molecule has 0 saturated heterocycles. The number of carbonyl (C=O) groups excluding carboxylic acids is 1. The zero-order valence-corrected chi connectivity index (χ0v) is 19.2. The molecule has 0 atom stereocenters. The first-order valence-electron chi connectivity index (χ1n) is 10.0. The van der Waals surface area contributed by atoms with Gasteiger partial charge < -0.3 is 15.4 Å². The number of nitrogens with one attached hydrogen (secondary N) is 3. The summed E-state index contributed by atoms with van der Waals surface area (Å²) in [5, 5.41) is 13.7. The number of fused-ring (bicyclic) bond motifs is 1. The molecule has 4 aromatic rings. The predicted octanol–water partition coefficient (Wildman–Crippen LogP) is 3.93. The smallest absolute Gasteiger partial charge is 0.257 e. The van der Waals surface area contributed by atoms with E-state index in [0.717, 1.165) is 17.4 Å². The number of anilines is 1. The monoisotopic (exact) mass is 484 g/mol. The fourth-order valence-corrected chi connectivity index (χ4v) is 3.94. The van der Waals surface area contributed by atoms with Crippen LogP contribution in [0.1, 0.15) is 15.9 Å². The lowest BCUT2D eigenvalue weighted by atomic mass is 10.1. The summed E-state index contributed by atoms with van der Waals surface area (Å²) in [7, 11) is -3.23. The van der Waals surface area contributed by atoms with Crippen molar-refractivity contribution >= 4 is 44.3 Å². The zero-order valence-electron chi connectivity index (χ0n) is 17.6. The van der Waals surface area contributed by atoms with Gasteiger partial charge in [-0.25, -0.2) is 18.1 Å². The number of halogens is 1. The molecule has 170 valence electrons. The van der Waals surface area contributed by atoms with Crippen molar-refractivity contribution in [2.24, 2.45) is 0 Å². The number of nitrogens with zero attached hydrogens (tertiary/aromatic N) is 1. The lowest BCUT2D eigenvalue weighted by Gasteiger charge is -2.08. The van der Waals surface area contributed by atoms with Gasteiger partial charge in [-0.05, 0) is 60.5 Å². The minimum Gasteiger partial charge on any atom is -0.506 e. The number of amides is 1. The van der Waals surface area contributed by atoms with Gasteiger partial charge >= 0.3 is 0 Å². The van der Waals surface area contributed by atoms with Crippen LogP contribution in [0.5, 0.6) is 5.75 Å². The SMILES string of the molecule is CS(=O)(=O)NCCc1ccc(NC(=O)c2ccc(O)c3[nH]c(-c4ccc(Cl)cc4)nc23)cc1. The lowest BCUT2D eigenvalue weighted by Crippen LogP contribution is -2.24. The van der Waals surface area contributed by atoms with Crippen molar-refractivity contribution < 1.29 is 18.3 Å². The van der Waals surface area contributed by atoms with E-state index in [1.54, 1.807) is 36.4 Å². The second kappa shape index (κ2) is 9.22. The number of phenols is 1. The molecule has 1 heterocycles. The fourth-order valence-electron chi connectivity index (χ4n) is 3.34. The standard InChI is InChI=1S/C23H21ClN4O4S/c1-33(31,32)25-13-12-14-2-8-17(9-3-14)26-23(30)18-10-11-19(29)21-20(18)27-22(28-21)15-4-6-16(24)7-5-15/h2-11,25,29H,12-13H2,1H3,(H,26,30)(H,27,28). The van der Waals surface area contributed by atoms with Gasteiger partial charge in [0.1, 0.15) is 22.6 Å². The topological polar surface area (TPSA) is 124 Å². The summed E-state index contributed by atoms with van der Waals surface area (Å²) >= 11 is 5.95. The Bertz CT molecular complexity index is 1420. The van der Waals surface area contributed by atoms with E-state index in [1.807, 2.05) is 12.1 Å². The van der Waals surface area contributed by atoms with E-state index < -0.39 is 10.0 Å². The average Bonchev–Trinajstić information content (AvgIpc) is 3.21. The third-order valence-electron chi connectivity index (χ3n) is 4.97. The van der Waals surface area contributed by atoms with Crippen LogP contribution in [0.25, 0.3) is 22.4 Å². The largest absolute Gasteiger partial charge is 0.506 e. The van der Waals surface area contributed by atoms with E-state index in [1.165, 1.54) is 12.1 Å². The first kappa shape index (κ1) is 22.8. The van der Waals surface area contributed by atoms with Crippen molar-refractivity contribution in [3.05, 3.63) is 76.8 Å². The maximum atomic E-state index is 13.0. The summed E-state index contributed by atoms with van der Waals surface area (Å²) < 4.78 is 24.8. The van der Waals surface area contributed by atoms with Gasteiger partial charge in [-0.3, -0.25) is 4.79 Å². The van der Waals surface area contributed by atoms with Gasteiger partial charge in [0.05, 0.1) is 11.8 Å². The van der Waals surface area contributed by atoms with Gasteiger partial charge in [0, 0.05) is 22.8 Å². The fraction of sp³-hybridized carbons (Fsp3) is 0.130. The molecule has 4 N–H and O–H groups in total. The van der Waals surface area contributed by atoms with Gasteiger partial charge in [-0.2, -0.15) is 0 Å². The maximum absolute atomic E-state index is 13.0. The molecule has 0 radical (unpaired) electrons. The number of benzene rings is 3. The normalized spacial score (nSPS) is 11.6. The molecule has 0 bridgehead atoms. The van der Waals surface area contributed by atoms with E-state index in [9.17, 15) is 18.3 Å². The summed E-state index contributed by atoms with van der Waals surface area (Å²) in [6.45, 7) is 0.297. The summed E-state index contributed by atoms with van der Waals surface area (Å²) in [4.78, 5) is 20.5. The molecule has 0 aliphatic rings. The molecule has 10 heteroatoms. The molecular weight excluding hydrogens is 464 g/mol. The molecule has 1 amide bonds. The molecule has 0 aliphatic heterocycles. The molecule has 33 heavy (non-hydrogen) atoms. The summed E-state index contributed by atoms with van der Waals surface area (Å²) in [6, 6.07) is 17.1. The summed E-state index contributed by atoms with van der Waals surface area (Å²) in [5.74, 6) is 0.117. The van der Waals surface area contributed by atoms with Crippen LogP contribution in [0.15, 0.2) is 60.7 Å². The molecule has 4 rings (SSSR count). The second-order valence-electron chi connectivity index (χ2n) is 7.52. The third kappa shape index (κ3) is 5.51. The average molecular weight is 485 g/mol. The van der Waals surface area contributed by atoms with Crippen LogP contribution in [0.4, 0.5) is 5.69 Å². The van der Waals surface area contributed by atoms with Gasteiger partial charge in [0.25, 0.3) is 5.91 Å². The van der Waals surface area contributed by atoms with Crippen LogP contribution in [0, 0.1) is 0 Å². The van der Waals surface area contributed by atoms with Crippen molar-refractivity contribution in [2.45, 2.75) is 6.42 Å². The highest BCUT2D eigenvalue weighted by atomic mass is 35.5. The quantitative estimate of drug-likeness (QED) is 0.316. The van der Waals surface area contributed by atoms with Gasteiger partial charge in [-0.1, -0.05) is 23.7 Å². The van der Waals surface area contributed by atoms with Crippen LogP contribution in [-0.2, 0) is 16.4 Å². The number of carbonyl (C=O) groups is 1. The Balaban J connectivity index is 1.53. The van der Waals surface area contributed by atoms with Gasteiger partial charge in [0.15, 0.2) is 0 Å². The van der Waals surface area contributed by atoms with E-state index >= 15 is 0 Å². The molecule has 1 aromatic heterocycles. The van der Waals surface area contributed by atoms with Crippen LogP contribution in [0.3, 0.4) is 0 Å². The maximum Gasteiger partial charge on any atom is 0.257 e. The minimum absolute atomic E-state index is 0.0127. The van der Waals surface area contributed by atoms with E-state index in [4.69, 9.17) is 11.6 Å². The van der Waals surface area contributed by atoms with E-state index in [0.29, 0.717) is 46.1 Å². The number of aromatic nitrogens is 2. The predicted molar refractivity (Wildman–Crippen MR) is 129 cm³/mol. The number of phenolic OH excluding ortho intramolecular Hbond substituents is 1. The Morgan fingerprint density at radius 1 is 1.06 bits per heavy atom. The number of aromatic amines is 1. The van der Waals surface area contributed by atoms with Gasteiger partial charge in [-0.15, -0.1) is 0 Å². The van der Waals surface area contributed by atoms with Crippen molar-refractivity contribution in [2.75, 3.05) is 18.1 Å². The third-order valence-corrected chi connectivity index (χ3v) is 5.96. The van der Waals surface area contributed by atoms with Crippen LogP contribution in [-0.4, -0.2) is 42.2 Å². The first-order chi connectivity index (χ1) is 15.7. The van der Waals surface area contributed by atoms with Crippen LogP contribution in [0.2, 0.25) is 5.02 Å². The van der Waals surface area contributed by atoms with Crippen molar-refractivity contribution in [3.63, 3.8) is 0 Å². The van der Waals surface area contributed by atoms with Crippen LogP contribution >= 0.6 is 11.6 Å². The van der Waals surface area contributed by atoms with E-state index in [-0.39, 0.29) is 11.7 Å². The highest BCUT2D eigenvalue weighted by Gasteiger charge is 2.17. The Morgan fingerprint density at radius 2 is 1.76 bits per heavy atom. The summed E-state index contributed by atoms with van der Waals surface area (Å²) in [6.07, 6.45) is 1.64. The minimum atomic E-state index is -3.23. The molecule has 0 spiro atoms. The highest BCUT2D eigenvalue weighted by Crippen LogP contribution is 2.30. The Hall–Kier alpha value is -3.40. The molecule has 0 saturated carbocycles. The number of aromatic hydroxyl groups is 1. The number of imidazole rings is 1. The molecule has 3 aromatic carbocycles. The lowest BCUT2D eigenvalue weighted by molar-refractivity contribution is 0.102. The number of rotatable bonds is 7. The molecule has 0 unspecified atom stereocenters. The number of hydrogen-bond acceptors (Lipinski definition) is 5. The molecule has 0 aliphatic carbocycles. The van der Waals surface area contributed by atoms with Crippen molar-refractivity contribution in [3.8, 4) is 17.1 Å². The first-order valence-corrected chi connectivity index (χ1v) is 12.3. The zero-order chi connectivity index (χ0) is 23.6. The van der Waals surface area contributed by atoms with E-state index in [2.05, 4.69) is 20.0 Å². The number of hydrogen-bond donors (Lipinski definition) is 4. The Kier molecular flexibility index (Phi) is 6.37. The number of sulfonamides is 1. The van der Waals surface area contributed by atoms with Crippen LogP contribution < -0.4 is 10.0 Å². The Labute approximate surface area is 195 Å². The molecule has 0 fully saturated rings. The highest BCUT2D eigenvalue weighted by molar-refractivity contribution is 7.88.